The van der Waals surface area contributed by atoms with Gasteiger partial charge in [-0.15, -0.1) is 11.3 Å². The lowest BCUT2D eigenvalue weighted by atomic mass is 10.1. The van der Waals surface area contributed by atoms with E-state index in [4.69, 9.17) is 5.73 Å². The van der Waals surface area contributed by atoms with Gasteiger partial charge in [-0.05, 0) is 48.8 Å². The number of thiophene rings is 1. The average Bonchev–Trinajstić information content (AvgIpc) is 2.71. The zero-order valence-corrected chi connectivity index (χ0v) is 13.5. The van der Waals surface area contributed by atoms with E-state index >= 15 is 0 Å². The van der Waals surface area contributed by atoms with Crippen LogP contribution in [-0.2, 0) is 4.79 Å². The number of carbonyl (C=O) groups is 2. The average molecular weight is 348 g/mol. The SMILES string of the molecule is CC(NC(=O)c1ccc(Br)s1)C(=O)NCC(C)(C)N. The van der Waals surface area contributed by atoms with Crippen LogP contribution in [0, 0.1) is 0 Å². The molecule has 0 aliphatic rings. The second-order valence-corrected chi connectivity index (χ2v) is 7.47. The second-order valence-electron chi connectivity index (χ2n) is 5.01. The van der Waals surface area contributed by atoms with E-state index < -0.39 is 11.6 Å². The topological polar surface area (TPSA) is 84.2 Å². The van der Waals surface area contributed by atoms with Crippen molar-refractivity contribution in [1.29, 1.82) is 0 Å². The van der Waals surface area contributed by atoms with E-state index in [2.05, 4.69) is 26.6 Å². The number of carbonyl (C=O) groups excluding carboxylic acids is 2. The monoisotopic (exact) mass is 347 g/mol. The number of amides is 2. The van der Waals surface area contributed by atoms with E-state index in [-0.39, 0.29) is 11.8 Å². The van der Waals surface area contributed by atoms with E-state index in [1.165, 1.54) is 11.3 Å². The summed E-state index contributed by atoms with van der Waals surface area (Å²) in [6.07, 6.45) is 0. The normalized spacial score (nSPS) is 12.9. The molecule has 1 rings (SSSR count). The van der Waals surface area contributed by atoms with Crippen LogP contribution in [0.2, 0.25) is 0 Å². The molecule has 19 heavy (non-hydrogen) atoms. The molecule has 0 saturated heterocycles. The van der Waals surface area contributed by atoms with Crippen molar-refractivity contribution in [1.82, 2.24) is 10.6 Å². The second kappa shape index (κ2) is 6.49. The van der Waals surface area contributed by atoms with Crippen molar-refractivity contribution in [3.05, 3.63) is 20.8 Å². The maximum atomic E-state index is 11.8. The van der Waals surface area contributed by atoms with Gasteiger partial charge in [-0.2, -0.15) is 0 Å². The summed E-state index contributed by atoms with van der Waals surface area (Å²) in [6.45, 7) is 5.63. The highest BCUT2D eigenvalue weighted by atomic mass is 79.9. The molecule has 0 aliphatic heterocycles. The predicted molar refractivity (Wildman–Crippen MR) is 80.2 cm³/mol. The van der Waals surface area contributed by atoms with Crippen molar-refractivity contribution in [2.75, 3.05) is 6.54 Å². The van der Waals surface area contributed by atoms with Gasteiger partial charge in [0.25, 0.3) is 5.91 Å². The van der Waals surface area contributed by atoms with Gasteiger partial charge >= 0.3 is 0 Å². The lowest BCUT2D eigenvalue weighted by molar-refractivity contribution is -0.122. The third-order valence-corrected chi connectivity index (χ3v) is 3.88. The molecule has 0 aromatic carbocycles. The Morgan fingerprint density at radius 1 is 1.47 bits per heavy atom. The Hall–Kier alpha value is -0.920. The Bertz CT molecular complexity index is 468. The fraction of sp³-hybridized carbons (Fsp3) is 0.500. The van der Waals surface area contributed by atoms with Gasteiger partial charge in [0.2, 0.25) is 5.91 Å². The van der Waals surface area contributed by atoms with Crippen LogP contribution in [0.3, 0.4) is 0 Å². The Kier molecular flexibility index (Phi) is 5.51. The van der Waals surface area contributed by atoms with Gasteiger partial charge in [-0.1, -0.05) is 0 Å². The molecule has 0 aliphatic carbocycles. The predicted octanol–water partition coefficient (Wildman–Crippen LogP) is 1.48. The zero-order chi connectivity index (χ0) is 14.6. The molecule has 106 valence electrons. The summed E-state index contributed by atoms with van der Waals surface area (Å²) in [5.74, 6) is -0.507. The fourth-order valence-corrected chi connectivity index (χ4v) is 2.53. The lowest BCUT2D eigenvalue weighted by Gasteiger charge is -2.21. The maximum absolute atomic E-state index is 11.8. The van der Waals surface area contributed by atoms with Gasteiger partial charge in [-0.25, -0.2) is 0 Å². The third kappa shape index (κ3) is 5.71. The van der Waals surface area contributed by atoms with Gasteiger partial charge in [0, 0.05) is 12.1 Å². The maximum Gasteiger partial charge on any atom is 0.262 e. The Balaban J connectivity index is 2.48. The standard InChI is InChI=1S/C12H18BrN3O2S/c1-7(10(17)15-6-12(2,3)14)16-11(18)8-4-5-9(13)19-8/h4-5,7H,6,14H2,1-3H3,(H,15,17)(H,16,18). The quantitative estimate of drug-likeness (QED) is 0.754. The largest absolute Gasteiger partial charge is 0.353 e. The van der Waals surface area contributed by atoms with Gasteiger partial charge in [-0.3, -0.25) is 9.59 Å². The van der Waals surface area contributed by atoms with Gasteiger partial charge < -0.3 is 16.4 Å². The molecular formula is C12H18BrN3O2S. The first-order valence-corrected chi connectivity index (χ1v) is 7.43. The molecule has 1 aromatic rings. The van der Waals surface area contributed by atoms with Crippen LogP contribution in [0.25, 0.3) is 0 Å². The first kappa shape index (κ1) is 16.1. The first-order chi connectivity index (χ1) is 8.69. The smallest absolute Gasteiger partial charge is 0.262 e. The van der Waals surface area contributed by atoms with Crippen molar-refractivity contribution in [2.45, 2.75) is 32.4 Å². The summed E-state index contributed by atoms with van der Waals surface area (Å²) in [7, 11) is 0. The molecule has 0 radical (unpaired) electrons. The van der Waals surface area contributed by atoms with E-state index in [1.807, 2.05) is 13.8 Å². The Morgan fingerprint density at radius 3 is 2.58 bits per heavy atom. The van der Waals surface area contributed by atoms with E-state index in [9.17, 15) is 9.59 Å². The molecular weight excluding hydrogens is 330 g/mol. The van der Waals surface area contributed by atoms with Crippen LogP contribution < -0.4 is 16.4 Å². The molecule has 7 heteroatoms. The van der Waals surface area contributed by atoms with Crippen molar-refractivity contribution in [3.63, 3.8) is 0 Å². The number of halogens is 1. The van der Waals surface area contributed by atoms with Gasteiger partial charge in [0.05, 0.1) is 8.66 Å². The molecule has 0 saturated carbocycles. The number of rotatable bonds is 5. The van der Waals surface area contributed by atoms with E-state index in [0.29, 0.717) is 11.4 Å². The zero-order valence-electron chi connectivity index (χ0n) is 11.1. The Labute approximate surface area is 125 Å². The fourth-order valence-electron chi connectivity index (χ4n) is 1.24. The van der Waals surface area contributed by atoms with E-state index in [0.717, 1.165) is 3.79 Å². The molecule has 0 fully saturated rings. The highest BCUT2D eigenvalue weighted by Gasteiger charge is 2.19. The van der Waals surface area contributed by atoms with Crippen LogP contribution in [0.15, 0.2) is 15.9 Å². The van der Waals surface area contributed by atoms with E-state index in [1.54, 1.807) is 19.1 Å². The molecule has 0 bridgehead atoms. The van der Waals surface area contributed by atoms with Crippen molar-refractivity contribution < 1.29 is 9.59 Å². The third-order valence-electron chi connectivity index (χ3n) is 2.26. The molecule has 4 N–H and O–H groups in total. The molecule has 1 heterocycles. The van der Waals surface area contributed by atoms with Crippen molar-refractivity contribution in [3.8, 4) is 0 Å². The van der Waals surface area contributed by atoms with Crippen LogP contribution in [0.1, 0.15) is 30.4 Å². The minimum atomic E-state index is -0.601. The van der Waals surface area contributed by atoms with Gasteiger partial charge in [0.1, 0.15) is 6.04 Å². The van der Waals surface area contributed by atoms with Crippen molar-refractivity contribution in [2.24, 2.45) is 5.73 Å². The summed E-state index contributed by atoms with van der Waals surface area (Å²) in [4.78, 5) is 24.2. The molecule has 1 unspecified atom stereocenters. The highest BCUT2D eigenvalue weighted by Crippen LogP contribution is 2.21. The van der Waals surface area contributed by atoms with Crippen molar-refractivity contribution >= 4 is 39.1 Å². The lowest BCUT2D eigenvalue weighted by Crippen LogP contribution is -2.50. The van der Waals surface area contributed by atoms with Crippen LogP contribution in [-0.4, -0.2) is 29.9 Å². The molecule has 1 aromatic heterocycles. The molecule has 2 amide bonds. The molecule has 0 spiro atoms. The summed E-state index contributed by atoms with van der Waals surface area (Å²) in [5, 5.41) is 5.34. The number of nitrogens with two attached hydrogens (primary N) is 1. The Morgan fingerprint density at radius 2 is 2.11 bits per heavy atom. The molecule has 5 nitrogen and oxygen atoms in total. The number of nitrogens with one attached hydrogen (secondary N) is 2. The minimum Gasteiger partial charge on any atom is -0.353 e. The highest BCUT2D eigenvalue weighted by molar-refractivity contribution is 9.11. The summed E-state index contributed by atoms with van der Waals surface area (Å²) >= 11 is 4.61. The van der Waals surface area contributed by atoms with Gasteiger partial charge in [0.15, 0.2) is 0 Å². The summed E-state index contributed by atoms with van der Waals surface area (Å²) in [5.41, 5.74) is 5.30. The van der Waals surface area contributed by atoms with Crippen LogP contribution in [0.4, 0.5) is 0 Å². The minimum absolute atomic E-state index is 0.248. The van der Waals surface area contributed by atoms with Crippen LogP contribution in [0.5, 0.6) is 0 Å². The number of hydrogen-bond donors (Lipinski definition) is 3. The molecule has 1 atom stereocenters. The number of hydrogen-bond acceptors (Lipinski definition) is 4. The summed E-state index contributed by atoms with van der Waals surface area (Å²) in [6, 6.07) is 2.90. The first-order valence-electron chi connectivity index (χ1n) is 5.82. The summed E-state index contributed by atoms with van der Waals surface area (Å²) < 4.78 is 0.875. The van der Waals surface area contributed by atoms with Crippen LogP contribution >= 0.6 is 27.3 Å².